The highest BCUT2D eigenvalue weighted by atomic mass is 35.5. The van der Waals surface area contributed by atoms with E-state index in [4.69, 9.17) is 23.2 Å². The molecule has 26 heavy (non-hydrogen) atoms. The first kappa shape index (κ1) is 19.0. The number of hydrogen-bond acceptors (Lipinski definition) is 3. The minimum atomic E-state index is -0.329. The monoisotopic (exact) mass is 412 g/mol. The number of nitrogens with zero attached hydrogens (tertiary/aromatic N) is 2. The molecule has 0 bridgehead atoms. The van der Waals surface area contributed by atoms with Gasteiger partial charge in [0.25, 0.3) is 5.91 Å². The maximum atomic E-state index is 13.5. The highest BCUT2D eigenvalue weighted by Crippen LogP contribution is 2.30. The fraction of sp³-hybridized carbons (Fsp3) is 0.222. The average molecular weight is 413 g/mol. The minimum absolute atomic E-state index is 0.241. The lowest BCUT2D eigenvalue weighted by atomic mass is 10.2. The molecule has 3 aromatic rings. The van der Waals surface area contributed by atoms with Gasteiger partial charge in [-0.3, -0.25) is 9.69 Å². The Morgan fingerprint density at radius 1 is 1.19 bits per heavy atom. The molecule has 0 radical (unpaired) electrons. The molecule has 0 aliphatic rings. The Morgan fingerprint density at radius 3 is 2.54 bits per heavy atom. The highest BCUT2D eigenvalue weighted by Gasteiger charge is 2.23. The number of carbonyl (C=O) groups is 1. The summed E-state index contributed by atoms with van der Waals surface area (Å²) in [6.07, 6.45) is 0. The molecule has 0 fully saturated rings. The number of quaternary nitrogens is 1. The number of aromatic nitrogens is 1. The number of fused-ring (bicyclic) bond motifs is 1. The summed E-state index contributed by atoms with van der Waals surface area (Å²) in [7, 11) is 4.01. The zero-order chi connectivity index (χ0) is 18.8. The van der Waals surface area contributed by atoms with E-state index in [-0.39, 0.29) is 11.7 Å². The maximum Gasteiger partial charge on any atom is 0.260 e. The normalized spacial score (nSPS) is 11.3. The number of carbonyl (C=O) groups excluding carboxylic acids is 1. The van der Waals surface area contributed by atoms with Gasteiger partial charge in [0.2, 0.25) is 0 Å². The van der Waals surface area contributed by atoms with Gasteiger partial charge in [0.05, 0.1) is 37.4 Å². The predicted octanol–water partition coefficient (Wildman–Crippen LogP) is 3.53. The van der Waals surface area contributed by atoms with Crippen LogP contribution in [0.4, 0.5) is 9.52 Å². The van der Waals surface area contributed by atoms with E-state index in [9.17, 15) is 9.18 Å². The molecule has 0 saturated heterocycles. The molecule has 3 rings (SSSR count). The van der Waals surface area contributed by atoms with Crippen LogP contribution in [0.25, 0.3) is 10.2 Å². The van der Waals surface area contributed by atoms with E-state index in [1.54, 1.807) is 29.2 Å². The lowest BCUT2D eigenvalue weighted by Crippen LogP contribution is -3.06. The van der Waals surface area contributed by atoms with E-state index in [0.717, 1.165) is 6.54 Å². The summed E-state index contributed by atoms with van der Waals surface area (Å²) in [6.45, 7) is 1.19. The van der Waals surface area contributed by atoms with Gasteiger partial charge in [-0.05, 0) is 36.4 Å². The van der Waals surface area contributed by atoms with Gasteiger partial charge >= 0.3 is 0 Å². The Bertz CT molecular complexity index is 941. The van der Waals surface area contributed by atoms with Crippen molar-refractivity contribution in [3.63, 3.8) is 0 Å². The van der Waals surface area contributed by atoms with E-state index in [0.29, 0.717) is 37.5 Å². The summed E-state index contributed by atoms with van der Waals surface area (Å²) in [5, 5.41) is 1.31. The molecule has 2 aromatic carbocycles. The fourth-order valence-corrected chi connectivity index (χ4v) is 4.00. The third-order valence-corrected chi connectivity index (χ3v) is 5.24. The van der Waals surface area contributed by atoms with Crippen LogP contribution in [-0.2, 0) is 0 Å². The van der Waals surface area contributed by atoms with E-state index >= 15 is 0 Å². The van der Waals surface area contributed by atoms with Gasteiger partial charge in [-0.25, -0.2) is 9.37 Å². The molecule has 0 spiro atoms. The molecule has 1 amide bonds. The van der Waals surface area contributed by atoms with Crippen molar-refractivity contribution in [1.82, 2.24) is 4.98 Å². The van der Waals surface area contributed by atoms with Gasteiger partial charge in [0, 0.05) is 15.6 Å². The molecule has 136 valence electrons. The molecule has 0 atom stereocenters. The Balaban J connectivity index is 2.01. The molecule has 1 aromatic heterocycles. The molecular weight excluding hydrogens is 396 g/mol. The van der Waals surface area contributed by atoms with Crippen molar-refractivity contribution >= 4 is 55.8 Å². The van der Waals surface area contributed by atoms with Crippen molar-refractivity contribution in [2.45, 2.75) is 0 Å². The summed E-state index contributed by atoms with van der Waals surface area (Å²) < 4.78 is 14.2. The smallest absolute Gasteiger partial charge is 0.260 e. The Morgan fingerprint density at radius 2 is 1.88 bits per heavy atom. The average Bonchev–Trinajstić information content (AvgIpc) is 2.96. The quantitative estimate of drug-likeness (QED) is 0.695. The van der Waals surface area contributed by atoms with Crippen LogP contribution in [0.5, 0.6) is 0 Å². The van der Waals surface area contributed by atoms with Crippen LogP contribution >= 0.6 is 34.5 Å². The lowest BCUT2D eigenvalue weighted by molar-refractivity contribution is -0.856. The van der Waals surface area contributed by atoms with E-state index in [1.165, 1.54) is 28.4 Å². The summed E-state index contributed by atoms with van der Waals surface area (Å²) in [5.74, 6) is -0.569. The summed E-state index contributed by atoms with van der Waals surface area (Å²) >= 11 is 13.4. The molecule has 0 unspecified atom stereocenters. The Hall–Kier alpha value is -1.73. The zero-order valence-corrected chi connectivity index (χ0v) is 16.6. The van der Waals surface area contributed by atoms with Crippen LogP contribution < -0.4 is 9.80 Å². The number of nitrogens with one attached hydrogen (secondary N) is 1. The maximum absolute atomic E-state index is 13.5. The molecule has 4 nitrogen and oxygen atoms in total. The summed E-state index contributed by atoms with van der Waals surface area (Å²) in [4.78, 5) is 20.4. The first-order chi connectivity index (χ1) is 12.3. The van der Waals surface area contributed by atoms with Crippen molar-refractivity contribution in [1.29, 1.82) is 0 Å². The first-order valence-corrected chi connectivity index (χ1v) is 9.54. The molecule has 1 heterocycles. The molecule has 0 saturated carbocycles. The topological polar surface area (TPSA) is 37.6 Å². The predicted molar refractivity (Wildman–Crippen MR) is 105 cm³/mol. The highest BCUT2D eigenvalue weighted by molar-refractivity contribution is 7.22. The van der Waals surface area contributed by atoms with Crippen molar-refractivity contribution in [3.05, 3.63) is 57.8 Å². The van der Waals surface area contributed by atoms with Gasteiger partial charge in [-0.15, -0.1) is 0 Å². The number of thiazole rings is 1. The molecule has 8 heteroatoms. The van der Waals surface area contributed by atoms with Crippen molar-refractivity contribution in [3.8, 4) is 0 Å². The van der Waals surface area contributed by atoms with E-state index in [1.807, 2.05) is 14.1 Å². The first-order valence-electron chi connectivity index (χ1n) is 7.96. The zero-order valence-electron chi connectivity index (χ0n) is 14.2. The second kappa shape index (κ2) is 7.88. The van der Waals surface area contributed by atoms with Crippen LogP contribution in [0.3, 0.4) is 0 Å². The third-order valence-electron chi connectivity index (χ3n) is 3.76. The third kappa shape index (κ3) is 4.32. The van der Waals surface area contributed by atoms with Crippen LogP contribution in [0.2, 0.25) is 10.0 Å². The SMILES string of the molecule is C[NH+](C)CCN(C(=O)c1cc(Cl)cc(Cl)c1)c1nc2ccc(F)cc2s1. The Labute approximate surface area is 164 Å². The molecule has 0 aliphatic heterocycles. The van der Waals surface area contributed by atoms with Gasteiger partial charge in [0.1, 0.15) is 5.82 Å². The molecule has 0 aliphatic carbocycles. The summed E-state index contributed by atoms with van der Waals surface area (Å²) in [6, 6.07) is 9.14. The standard InChI is InChI=1S/C18H16Cl2FN3OS/c1-23(2)5-6-24(17(25)11-7-12(19)9-13(20)8-11)18-22-15-4-3-14(21)10-16(15)26-18/h3-4,7-10H,5-6H2,1-2H3/p+1. The lowest BCUT2D eigenvalue weighted by Gasteiger charge is -2.21. The summed E-state index contributed by atoms with van der Waals surface area (Å²) in [5.41, 5.74) is 1.05. The molecule has 1 N–H and O–H groups in total. The minimum Gasteiger partial charge on any atom is -0.338 e. The fourth-order valence-electron chi connectivity index (χ4n) is 2.45. The number of rotatable bonds is 5. The van der Waals surface area contributed by atoms with Crippen molar-refractivity contribution in [2.24, 2.45) is 0 Å². The Kier molecular flexibility index (Phi) is 5.77. The second-order valence-corrected chi connectivity index (χ2v) is 8.06. The van der Waals surface area contributed by atoms with E-state index in [2.05, 4.69) is 4.98 Å². The van der Waals surface area contributed by atoms with Gasteiger partial charge in [-0.2, -0.15) is 0 Å². The van der Waals surface area contributed by atoms with E-state index < -0.39 is 0 Å². The van der Waals surface area contributed by atoms with Crippen LogP contribution in [0.1, 0.15) is 10.4 Å². The van der Waals surface area contributed by atoms with Gasteiger partial charge in [-0.1, -0.05) is 34.5 Å². The number of amides is 1. The van der Waals surface area contributed by atoms with Crippen LogP contribution in [0.15, 0.2) is 36.4 Å². The van der Waals surface area contributed by atoms with Crippen molar-refractivity contribution < 1.29 is 14.1 Å². The second-order valence-electron chi connectivity index (χ2n) is 6.18. The van der Waals surface area contributed by atoms with Crippen LogP contribution in [-0.4, -0.2) is 38.1 Å². The van der Waals surface area contributed by atoms with Gasteiger partial charge in [0.15, 0.2) is 5.13 Å². The number of benzene rings is 2. The van der Waals surface area contributed by atoms with Crippen LogP contribution in [0, 0.1) is 5.82 Å². The number of halogens is 3. The largest absolute Gasteiger partial charge is 0.338 e. The number of hydrogen-bond donors (Lipinski definition) is 1. The van der Waals surface area contributed by atoms with Gasteiger partial charge < -0.3 is 4.90 Å². The number of anilines is 1. The number of likely N-dealkylation sites (N-methyl/N-ethyl adjacent to an activating group) is 1. The van der Waals surface area contributed by atoms with Crippen molar-refractivity contribution in [2.75, 3.05) is 32.1 Å². The molecular formula is C18H17Cl2FN3OS+.